The summed E-state index contributed by atoms with van der Waals surface area (Å²) < 4.78 is 0. The molecule has 2 fully saturated rings. The Balaban J connectivity index is 1.63. The summed E-state index contributed by atoms with van der Waals surface area (Å²) in [6, 6.07) is 3.63. The van der Waals surface area contributed by atoms with Crippen LogP contribution in [0.25, 0.3) is 0 Å². The third kappa shape index (κ3) is 3.34. The molecule has 2 N–H and O–H groups in total. The van der Waals surface area contributed by atoms with Gasteiger partial charge >= 0.3 is 0 Å². The number of nitrogens with zero attached hydrogens (tertiary/aromatic N) is 2. The van der Waals surface area contributed by atoms with E-state index >= 15 is 0 Å². The first-order valence-corrected chi connectivity index (χ1v) is 9.26. The number of nitrogens with two attached hydrogens (primary N) is 1. The highest BCUT2D eigenvalue weighted by molar-refractivity contribution is 7.12. The molecule has 0 spiro atoms. The van der Waals surface area contributed by atoms with Gasteiger partial charge in [0.15, 0.2) is 0 Å². The lowest BCUT2D eigenvalue weighted by Gasteiger charge is -2.41. The molecule has 2 aliphatic rings. The maximum Gasteiger partial charge on any atom is 0.0482 e. The molecule has 3 rings (SSSR count). The molecule has 1 aliphatic carbocycles. The lowest BCUT2D eigenvalue weighted by molar-refractivity contribution is 0.0722. The van der Waals surface area contributed by atoms with Gasteiger partial charge in [0.2, 0.25) is 0 Å². The average Bonchev–Trinajstić information content (AvgIpc) is 3.11. The Morgan fingerprint density at radius 2 is 1.86 bits per heavy atom. The van der Waals surface area contributed by atoms with Crippen LogP contribution in [0.15, 0.2) is 6.07 Å². The molecule has 0 aromatic carbocycles. The van der Waals surface area contributed by atoms with Gasteiger partial charge in [-0.1, -0.05) is 12.8 Å². The number of rotatable bonds is 4. The summed E-state index contributed by atoms with van der Waals surface area (Å²) in [4.78, 5) is 8.19. The molecule has 21 heavy (non-hydrogen) atoms. The molecule has 0 amide bonds. The molecule has 3 nitrogen and oxygen atoms in total. The Labute approximate surface area is 133 Å². The van der Waals surface area contributed by atoms with Gasteiger partial charge in [0, 0.05) is 54.6 Å². The van der Waals surface area contributed by atoms with Crippen molar-refractivity contribution in [3.63, 3.8) is 0 Å². The van der Waals surface area contributed by atoms with E-state index in [9.17, 15) is 0 Å². The molecular weight excluding hydrogens is 278 g/mol. The van der Waals surface area contributed by atoms with Crippen LogP contribution in [0.3, 0.4) is 0 Å². The van der Waals surface area contributed by atoms with Gasteiger partial charge in [-0.25, -0.2) is 0 Å². The highest BCUT2D eigenvalue weighted by atomic mass is 32.1. The van der Waals surface area contributed by atoms with E-state index in [-0.39, 0.29) is 0 Å². The van der Waals surface area contributed by atoms with E-state index in [1.807, 2.05) is 11.3 Å². The molecule has 1 unspecified atom stereocenters. The fraction of sp³-hybridized carbons (Fsp3) is 0.765. The first-order valence-electron chi connectivity index (χ1n) is 8.44. The van der Waals surface area contributed by atoms with E-state index in [2.05, 4.69) is 29.7 Å². The average molecular weight is 308 g/mol. The largest absolute Gasteiger partial charge is 0.329 e. The Hall–Kier alpha value is -0.420. The van der Waals surface area contributed by atoms with E-state index in [0.29, 0.717) is 6.04 Å². The maximum atomic E-state index is 6.12. The van der Waals surface area contributed by atoms with Gasteiger partial charge in [-0.15, -0.1) is 11.3 Å². The van der Waals surface area contributed by atoms with Crippen LogP contribution in [0.5, 0.6) is 0 Å². The van der Waals surface area contributed by atoms with E-state index in [4.69, 9.17) is 5.73 Å². The Morgan fingerprint density at radius 3 is 2.38 bits per heavy atom. The predicted octanol–water partition coefficient (Wildman–Crippen LogP) is 2.92. The first kappa shape index (κ1) is 15.5. The van der Waals surface area contributed by atoms with E-state index < -0.39 is 0 Å². The van der Waals surface area contributed by atoms with Gasteiger partial charge in [0.25, 0.3) is 0 Å². The number of hydrogen-bond acceptors (Lipinski definition) is 4. The van der Waals surface area contributed by atoms with Crippen LogP contribution in [0, 0.1) is 13.8 Å². The van der Waals surface area contributed by atoms with Gasteiger partial charge in [0.05, 0.1) is 0 Å². The monoisotopic (exact) mass is 307 g/mol. The van der Waals surface area contributed by atoms with Crippen molar-refractivity contribution in [2.75, 3.05) is 32.7 Å². The zero-order chi connectivity index (χ0) is 14.8. The second-order valence-electron chi connectivity index (χ2n) is 6.63. The van der Waals surface area contributed by atoms with Crippen LogP contribution in [-0.4, -0.2) is 48.6 Å². The third-order valence-corrected chi connectivity index (χ3v) is 6.27. The van der Waals surface area contributed by atoms with E-state index in [0.717, 1.165) is 12.6 Å². The van der Waals surface area contributed by atoms with Gasteiger partial charge in [-0.3, -0.25) is 9.80 Å². The van der Waals surface area contributed by atoms with Crippen molar-refractivity contribution >= 4 is 11.3 Å². The Kier molecular flexibility index (Phi) is 4.99. The van der Waals surface area contributed by atoms with Crippen LogP contribution < -0.4 is 5.73 Å². The zero-order valence-corrected chi connectivity index (χ0v) is 14.3. The predicted molar refractivity (Wildman–Crippen MR) is 91.0 cm³/mol. The summed E-state index contributed by atoms with van der Waals surface area (Å²) in [6.07, 6.45) is 5.71. The van der Waals surface area contributed by atoms with Crippen LogP contribution in [0.2, 0.25) is 0 Å². The third-order valence-electron chi connectivity index (χ3n) is 5.29. The topological polar surface area (TPSA) is 32.5 Å². The summed E-state index contributed by atoms with van der Waals surface area (Å²) in [5.41, 5.74) is 7.59. The van der Waals surface area contributed by atoms with Crippen molar-refractivity contribution in [3.05, 3.63) is 21.4 Å². The van der Waals surface area contributed by atoms with Gasteiger partial charge in [-0.2, -0.15) is 0 Å². The van der Waals surface area contributed by atoms with Gasteiger partial charge < -0.3 is 5.73 Å². The number of hydrogen-bond donors (Lipinski definition) is 1. The summed E-state index contributed by atoms with van der Waals surface area (Å²) in [5, 5.41) is 0. The van der Waals surface area contributed by atoms with Gasteiger partial charge in [0.1, 0.15) is 0 Å². The second-order valence-corrected chi connectivity index (χ2v) is 8.09. The molecule has 4 heteroatoms. The molecule has 1 aromatic rings. The molecule has 1 atom stereocenters. The van der Waals surface area contributed by atoms with Crippen LogP contribution in [0.4, 0.5) is 0 Å². The molecule has 1 saturated heterocycles. The van der Waals surface area contributed by atoms with Crippen LogP contribution >= 0.6 is 11.3 Å². The normalized spacial score (nSPS) is 23.8. The molecule has 1 aliphatic heterocycles. The molecule has 1 aromatic heterocycles. The quantitative estimate of drug-likeness (QED) is 0.928. The minimum Gasteiger partial charge on any atom is -0.329 e. The van der Waals surface area contributed by atoms with Crippen LogP contribution in [0.1, 0.15) is 47.0 Å². The smallest absolute Gasteiger partial charge is 0.0482 e. The summed E-state index contributed by atoms with van der Waals surface area (Å²) in [6.45, 7) is 9.98. The number of piperazine rings is 1. The lowest BCUT2D eigenvalue weighted by Crippen LogP contribution is -2.51. The molecule has 2 heterocycles. The molecular formula is C17H29N3S. The van der Waals surface area contributed by atoms with Crippen molar-refractivity contribution in [2.45, 2.75) is 51.6 Å². The SMILES string of the molecule is Cc1cc(C(CN)N2CCN(C3CCCC3)CC2)c(C)s1. The van der Waals surface area contributed by atoms with Crippen molar-refractivity contribution in [3.8, 4) is 0 Å². The van der Waals surface area contributed by atoms with Crippen molar-refractivity contribution in [2.24, 2.45) is 5.73 Å². The van der Waals surface area contributed by atoms with E-state index in [1.165, 1.54) is 67.2 Å². The van der Waals surface area contributed by atoms with Crippen LogP contribution in [-0.2, 0) is 0 Å². The van der Waals surface area contributed by atoms with Crippen molar-refractivity contribution < 1.29 is 0 Å². The zero-order valence-electron chi connectivity index (χ0n) is 13.5. The second kappa shape index (κ2) is 6.78. The Morgan fingerprint density at radius 1 is 1.19 bits per heavy atom. The summed E-state index contributed by atoms with van der Waals surface area (Å²) in [7, 11) is 0. The van der Waals surface area contributed by atoms with Crippen molar-refractivity contribution in [1.82, 2.24) is 9.80 Å². The fourth-order valence-electron chi connectivity index (χ4n) is 4.14. The molecule has 0 radical (unpaired) electrons. The fourth-order valence-corrected chi connectivity index (χ4v) is 5.12. The van der Waals surface area contributed by atoms with E-state index in [1.54, 1.807) is 0 Å². The number of aryl methyl sites for hydroxylation is 2. The van der Waals surface area contributed by atoms with Crippen molar-refractivity contribution in [1.29, 1.82) is 0 Å². The number of thiophene rings is 1. The molecule has 118 valence electrons. The Bertz CT molecular complexity index is 457. The minimum absolute atomic E-state index is 0.417. The molecule has 0 bridgehead atoms. The first-order chi connectivity index (χ1) is 10.2. The standard InChI is InChI=1S/C17H29N3S/c1-13-11-16(14(2)21-13)17(12-18)20-9-7-19(8-10-20)15-5-3-4-6-15/h11,15,17H,3-10,12,18H2,1-2H3. The van der Waals surface area contributed by atoms with Gasteiger partial charge in [-0.05, 0) is 38.3 Å². The highest BCUT2D eigenvalue weighted by Gasteiger charge is 2.29. The molecule has 1 saturated carbocycles. The maximum absolute atomic E-state index is 6.12. The lowest BCUT2D eigenvalue weighted by atomic mass is 10.0. The highest BCUT2D eigenvalue weighted by Crippen LogP contribution is 2.31. The minimum atomic E-state index is 0.417. The summed E-state index contributed by atoms with van der Waals surface area (Å²) in [5.74, 6) is 0. The summed E-state index contributed by atoms with van der Waals surface area (Å²) >= 11 is 1.91.